The molecule has 3 heteroatoms. The average Bonchev–Trinajstić information content (AvgIpc) is 2.91. The van der Waals surface area contributed by atoms with Gasteiger partial charge in [0, 0.05) is 16.9 Å². The minimum Gasteiger partial charge on any atom is -0.326 e. The number of carbonyl (C=O) groups is 1. The number of anilines is 1. The number of halogens is 1. The standard InChI is InChI=1S/C15H18BrNO/c16-15(10-3-1-2-4-10)12-5-7-13-11(9-12)6-8-14(18)17-13/h5,7,9-10,15H,1-4,6,8H2,(H,17,18). The Labute approximate surface area is 116 Å². The van der Waals surface area contributed by atoms with Crippen molar-refractivity contribution >= 4 is 27.5 Å². The Kier molecular flexibility index (Phi) is 3.42. The molecule has 0 saturated heterocycles. The monoisotopic (exact) mass is 307 g/mol. The van der Waals surface area contributed by atoms with Gasteiger partial charge < -0.3 is 5.32 Å². The fourth-order valence-corrected chi connectivity index (χ4v) is 3.91. The molecule has 18 heavy (non-hydrogen) atoms. The van der Waals surface area contributed by atoms with E-state index >= 15 is 0 Å². The van der Waals surface area contributed by atoms with Gasteiger partial charge in [0.15, 0.2) is 0 Å². The minimum absolute atomic E-state index is 0.140. The molecule has 1 amide bonds. The summed E-state index contributed by atoms with van der Waals surface area (Å²) < 4.78 is 0. The van der Waals surface area contributed by atoms with Gasteiger partial charge in [-0.25, -0.2) is 0 Å². The summed E-state index contributed by atoms with van der Waals surface area (Å²) in [5, 5.41) is 2.94. The van der Waals surface area contributed by atoms with Gasteiger partial charge in [0.25, 0.3) is 0 Å². The third-order valence-electron chi connectivity index (χ3n) is 4.16. The summed E-state index contributed by atoms with van der Waals surface area (Å²) in [4.78, 5) is 11.8. The maximum atomic E-state index is 11.3. The number of hydrogen-bond acceptors (Lipinski definition) is 1. The van der Waals surface area contributed by atoms with E-state index < -0.39 is 0 Å². The number of carbonyl (C=O) groups excluding carboxylic acids is 1. The summed E-state index contributed by atoms with van der Waals surface area (Å²) >= 11 is 3.87. The van der Waals surface area contributed by atoms with Crippen molar-refractivity contribution in [2.75, 3.05) is 5.32 Å². The number of alkyl halides is 1. The zero-order valence-electron chi connectivity index (χ0n) is 10.4. The van der Waals surface area contributed by atoms with Crippen LogP contribution in [0.5, 0.6) is 0 Å². The second-order valence-corrected chi connectivity index (χ2v) is 6.40. The van der Waals surface area contributed by atoms with Crippen LogP contribution in [0.3, 0.4) is 0 Å². The highest BCUT2D eigenvalue weighted by Gasteiger charge is 2.25. The van der Waals surface area contributed by atoms with Gasteiger partial charge in [0.2, 0.25) is 5.91 Å². The number of aryl methyl sites for hydroxylation is 1. The SMILES string of the molecule is O=C1CCc2cc(C(Br)C3CCCC3)ccc2N1. The summed E-state index contributed by atoms with van der Waals surface area (Å²) in [5.74, 6) is 0.919. The number of amides is 1. The topological polar surface area (TPSA) is 29.1 Å². The summed E-state index contributed by atoms with van der Waals surface area (Å²) in [6, 6.07) is 6.49. The fraction of sp³-hybridized carbons (Fsp3) is 0.533. The average molecular weight is 308 g/mol. The smallest absolute Gasteiger partial charge is 0.224 e. The molecule has 0 aromatic heterocycles. The van der Waals surface area contributed by atoms with E-state index in [1.807, 2.05) is 0 Å². The van der Waals surface area contributed by atoms with Crippen LogP contribution in [0.4, 0.5) is 5.69 Å². The Morgan fingerprint density at radius 3 is 2.78 bits per heavy atom. The normalized spacial score (nSPS) is 21.5. The number of fused-ring (bicyclic) bond motifs is 1. The van der Waals surface area contributed by atoms with E-state index in [-0.39, 0.29) is 5.91 Å². The first kappa shape index (κ1) is 12.2. The van der Waals surface area contributed by atoms with Crippen LogP contribution in [0.25, 0.3) is 0 Å². The van der Waals surface area contributed by atoms with Crippen molar-refractivity contribution in [3.05, 3.63) is 29.3 Å². The molecule has 1 heterocycles. The van der Waals surface area contributed by atoms with Crippen LogP contribution >= 0.6 is 15.9 Å². The molecule has 1 aliphatic heterocycles. The van der Waals surface area contributed by atoms with E-state index in [1.165, 1.54) is 36.8 Å². The predicted octanol–water partition coefficient (Wildman–Crippen LogP) is 4.20. The molecule has 0 spiro atoms. The van der Waals surface area contributed by atoms with Crippen molar-refractivity contribution in [1.29, 1.82) is 0 Å². The number of benzene rings is 1. The minimum atomic E-state index is 0.140. The highest BCUT2D eigenvalue weighted by molar-refractivity contribution is 9.09. The van der Waals surface area contributed by atoms with E-state index in [0.29, 0.717) is 11.2 Å². The maximum Gasteiger partial charge on any atom is 0.224 e. The third kappa shape index (κ3) is 2.33. The highest BCUT2D eigenvalue weighted by atomic mass is 79.9. The van der Waals surface area contributed by atoms with E-state index in [9.17, 15) is 4.79 Å². The summed E-state index contributed by atoms with van der Waals surface area (Å²) in [5.41, 5.74) is 3.66. The van der Waals surface area contributed by atoms with Crippen molar-refractivity contribution in [3.63, 3.8) is 0 Å². The summed E-state index contributed by atoms with van der Waals surface area (Å²) in [6.45, 7) is 0. The van der Waals surface area contributed by atoms with Gasteiger partial charge in [-0.05, 0) is 42.4 Å². The Hall–Kier alpha value is -0.830. The molecule has 1 aromatic rings. The fourth-order valence-electron chi connectivity index (χ4n) is 3.10. The van der Waals surface area contributed by atoms with Crippen molar-refractivity contribution in [2.45, 2.75) is 43.4 Å². The van der Waals surface area contributed by atoms with Crippen molar-refractivity contribution in [1.82, 2.24) is 0 Å². The lowest BCUT2D eigenvalue weighted by Gasteiger charge is -2.22. The molecule has 3 rings (SSSR count). The third-order valence-corrected chi connectivity index (χ3v) is 5.43. The predicted molar refractivity (Wildman–Crippen MR) is 77.0 cm³/mol. The molecule has 1 fully saturated rings. The molecule has 2 nitrogen and oxygen atoms in total. The van der Waals surface area contributed by atoms with Crippen LogP contribution in [0.15, 0.2) is 18.2 Å². The van der Waals surface area contributed by atoms with Crippen LogP contribution in [0.2, 0.25) is 0 Å². The van der Waals surface area contributed by atoms with E-state index in [0.717, 1.165) is 18.0 Å². The first-order chi connectivity index (χ1) is 8.74. The molecule has 0 radical (unpaired) electrons. The van der Waals surface area contributed by atoms with Crippen LogP contribution in [0.1, 0.15) is 48.1 Å². The van der Waals surface area contributed by atoms with Crippen LogP contribution in [-0.4, -0.2) is 5.91 Å². The number of nitrogens with one attached hydrogen (secondary N) is 1. The van der Waals surface area contributed by atoms with Gasteiger partial charge in [-0.3, -0.25) is 4.79 Å². The maximum absolute atomic E-state index is 11.3. The van der Waals surface area contributed by atoms with Crippen molar-refractivity contribution in [2.24, 2.45) is 5.92 Å². The van der Waals surface area contributed by atoms with Crippen LogP contribution < -0.4 is 5.32 Å². The Bertz CT molecular complexity index is 466. The molecule has 1 atom stereocenters. The van der Waals surface area contributed by atoms with Gasteiger partial charge in [0.05, 0.1) is 0 Å². The van der Waals surface area contributed by atoms with Gasteiger partial charge in [-0.1, -0.05) is 40.9 Å². The van der Waals surface area contributed by atoms with Crippen molar-refractivity contribution in [3.8, 4) is 0 Å². The second-order valence-electron chi connectivity index (χ2n) is 5.41. The Morgan fingerprint density at radius 2 is 2.00 bits per heavy atom. The van der Waals surface area contributed by atoms with E-state index in [2.05, 4.69) is 39.4 Å². The summed E-state index contributed by atoms with van der Waals surface area (Å²) in [7, 11) is 0. The number of rotatable bonds is 2. The van der Waals surface area contributed by atoms with Gasteiger partial charge >= 0.3 is 0 Å². The molecule has 1 saturated carbocycles. The highest BCUT2D eigenvalue weighted by Crippen LogP contribution is 2.42. The van der Waals surface area contributed by atoms with Gasteiger partial charge in [0.1, 0.15) is 0 Å². The largest absolute Gasteiger partial charge is 0.326 e. The Morgan fingerprint density at radius 1 is 1.22 bits per heavy atom. The van der Waals surface area contributed by atoms with E-state index in [1.54, 1.807) is 0 Å². The molecule has 0 bridgehead atoms. The lowest BCUT2D eigenvalue weighted by atomic mass is 9.94. The number of hydrogen-bond donors (Lipinski definition) is 1. The van der Waals surface area contributed by atoms with Crippen LogP contribution in [-0.2, 0) is 11.2 Å². The van der Waals surface area contributed by atoms with E-state index in [4.69, 9.17) is 0 Å². The molecule has 2 aliphatic rings. The molecule has 96 valence electrons. The first-order valence-corrected chi connectivity index (χ1v) is 7.72. The Balaban J connectivity index is 1.83. The quantitative estimate of drug-likeness (QED) is 0.815. The zero-order valence-corrected chi connectivity index (χ0v) is 12.0. The zero-order chi connectivity index (χ0) is 12.5. The molecule has 1 aromatic carbocycles. The summed E-state index contributed by atoms with van der Waals surface area (Å²) in [6.07, 6.45) is 6.90. The lowest BCUT2D eigenvalue weighted by Crippen LogP contribution is -2.19. The van der Waals surface area contributed by atoms with Crippen LogP contribution in [0, 0.1) is 5.92 Å². The van der Waals surface area contributed by atoms with Gasteiger partial charge in [-0.15, -0.1) is 0 Å². The van der Waals surface area contributed by atoms with Gasteiger partial charge in [-0.2, -0.15) is 0 Å². The van der Waals surface area contributed by atoms with Crippen molar-refractivity contribution < 1.29 is 4.79 Å². The second kappa shape index (κ2) is 5.04. The lowest BCUT2D eigenvalue weighted by molar-refractivity contribution is -0.116. The molecule has 1 N–H and O–H groups in total. The molecule has 1 aliphatic carbocycles. The molecular weight excluding hydrogens is 290 g/mol. The molecular formula is C15H18BrNO. The molecule has 1 unspecified atom stereocenters. The first-order valence-electron chi connectivity index (χ1n) is 6.81.